The lowest BCUT2D eigenvalue weighted by Crippen LogP contribution is -2.29. The molecule has 0 saturated carbocycles. The molecule has 0 aromatic heterocycles. The van der Waals surface area contributed by atoms with Crippen LogP contribution in [-0.2, 0) is 4.79 Å². The third-order valence-corrected chi connectivity index (χ3v) is 2.79. The third kappa shape index (κ3) is 5.30. The normalized spacial score (nSPS) is 12.3. The van der Waals surface area contributed by atoms with Crippen molar-refractivity contribution in [2.75, 3.05) is 11.9 Å². The summed E-state index contributed by atoms with van der Waals surface area (Å²) in [5, 5.41) is 2.88. The lowest BCUT2D eigenvalue weighted by Gasteiger charge is -2.14. The second-order valence-electron chi connectivity index (χ2n) is 4.90. The van der Waals surface area contributed by atoms with Gasteiger partial charge in [0.1, 0.15) is 5.75 Å². The summed E-state index contributed by atoms with van der Waals surface area (Å²) in [7, 11) is 0. The van der Waals surface area contributed by atoms with E-state index >= 15 is 0 Å². The van der Waals surface area contributed by atoms with Crippen molar-refractivity contribution < 1.29 is 9.53 Å². The second-order valence-corrected chi connectivity index (χ2v) is 4.90. The van der Waals surface area contributed by atoms with E-state index in [1.807, 2.05) is 45.0 Å². The van der Waals surface area contributed by atoms with Crippen LogP contribution in [0.2, 0.25) is 0 Å². The number of carbonyl (C=O) groups excluding carboxylic acids is 1. The van der Waals surface area contributed by atoms with Crippen LogP contribution in [0.5, 0.6) is 5.75 Å². The highest BCUT2D eigenvalue weighted by molar-refractivity contribution is 5.92. The fraction of sp³-hybridized carbons (Fsp3) is 0.533. The Hall–Kier alpha value is -1.55. The molecule has 1 atom stereocenters. The van der Waals surface area contributed by atoms with E-state index in [1.165, 1.54) is 0 Å². The maximum atomic E-state index is 12.0. The van der Waals surface area contributed by atoms with Crippen LogP contribution in [0.3, 0.4) is 0 Å². The zero-order valence-corrected chi connectivity index (χ0v) is 12.0. The SMILES string of the molecule is CCCC(CN)C(=O)Nc1ccc(OC(C)C)cc1. The highest BCUT2D eigenvalue weighted by Crippen LogP contribution is 2.18. The molecule has 0 radical (unpaired) electrons. The van der Waals surface area contributed by atoms with Gasteiger partial charge in [-0.05, 0) is 44.5 Å². The summed E-state index contributed by atoms with van der Waals surface area (Å²) in [6.07, 6.45) is 1.92. The predicted molar refractivity (Wildman–Crippen MR) is 78.3 cm³/mol. The molecule has 1 amide bonds. The molecule has 3 N–H and O–H groups in total. The van der Waals surface area contributed by atoms with Gasteiger partial charge in [0.05, 0.1) is 12.0 Å². The highest BCUT2D eigenvalue weighted by Gasteiger charge is 2.15. The Labute approximate surface area is 115 Å². The van der Waals surface area contributed by atoms with E-state index in [1.54, 1.807) is 0 Å². The van der Waals surface area contributed by atoms with Gasteiger partial charge in [-0.2, -0.15) is 0 Å². The number of carbonyl (C=O) groups is 1. The van der Waals surface area contributed by atoms with E-state index in [0.29, 0.717) is 6.54 Å². The minimum absolute atomic E-state index is 0.0122. The van der Waals surface area contributed by atoms with Gasteiger partial charge >= 0.3 is 0 Å². The van der Waals surface area contributed by atoms with E-state index in [0.717, 1.165) is 24.3 Å². The van der Waals surface area contributed by atoms with Crippen molar-refractivity contribution in [3.05, 3.63) is 24.3 Å². The Morgan fingerprint density at radius 2 is 1.95 bits per heavy atom. The molecule has 19 heavy (non-hydrogen) atoms. The summed E-state index contributed by atoms with van der Waals surface area (Å²) in [4.78, 5) is 12.0. The monoisotopic (exact) mass is 264 g/mol. The zero-order valence-electron chi connectivity index (χ0n) is 12.0. The second kappa shape index (κ2) is 7.79. The van der Waals surface area contributed by atoms with Gasteiger partial charge in [0, 0.05) is 12.2 Å². The van der Waals surface area contributed by atoms with E-state index in [4.69, 9.17) is 10.5 Å². The van der Waals surface area contributed by atoms with Crippen molar-refractivity contribution >= 4 is 11.6 Å². The minimum atomic E-state index is -0.114. The summed E-state index contributed by atoms with van der Waals surface area (Å²) in [6.45, 7) is 6.39. The Morgan fingerprint density at radius 3 is 2.42 bits per heavy atom. The van der Waals surface area contributed by atoms with E-state index < -0.39 is 0 Å². The molecule has 106 valence electrons. The number of nitrogens with one attached hydrogen (secondary N) is 1. The first kappa shape index (κ1) is 15.5. The first-order valence-electron chi connectivity index (χ1n) is 6.84. The molecule has 4 heteroatoms. The Morgan fingerprint density at radius 1 is 1.32 bits per heavy atom. The maximum absolute atomic E-state index is 12.0. The van der Waals surface area contributed by atoms with Crippen LogP contribution >= 0.6 is 0 Å². The Kier molecular flexibility index (Phi) is 6.36. The summed E-state index contributed by atoms with van der Waals surface area (Å²) >= 11 is 0. The average molecular weight is 264 g/mol. The Bertz CT molecular complexity index is 388. The number of benzene rings is 1. The van der Waals surface area contributed by atoms with E-state index in [-0.39, 0.29) is 17.9 Å². The number of amides is 1. The van der Waals surface area contributed by atoms with Gasteiger partial charge in [0.15, 0.2) is 0 Å². The molecule has 1 aromatic carbocycles. The zero-order chi connectivity index (χ0) is 14.3. The van der Waals surface area contributed by atoms with Crippen LogP contribution in [0.15, 0.2) is 24.3 Å². The molecule has 0 aliphatic heterocycles. The molecular weight excluding hydrogens is 240 g/mol. The molecule has 0 saturated heterocycles. The van der Waals surface area contributed by atoms with Gasteiger partial charge in [0.25, 0.3) is 0 Å². The molecule has 0 bridgehead atoms. The summed E-state index contributed by atoms with van der Waals surface area (Å²) in [5.41, 5.74) is 6.39. The molecule has 0 heterocycles. The number of ether oxygens (including phenoxy) is 1. The standard InChI is InChI=1S/C15H24N2O2/c1-4-5-12(10-16)15(18)17-13-6-8-14(9-7-13)19-11(2)3/h6-9,11-12H,4-5,10,16H2,1-3H3,(H,17,18). The van der Waals surface area contributed by atoms with Crippen LogP contribution in [0.25, 0.3) is 0 Å². The lowest BCUT2D eigenvalue weighted by molar-refractivity contribution is -0.119. The molecule has 0 spiro atoms. The van der Waals surface area contributed by atoms with E-state index in [2.05, 4.69) is 5.32 Å². The molecule has 1 rings (SSSR count). The van der Waals surface area contributed by atoms with Gasteiger partial charge in [0.2, 0.25) is 5.91 Å². The number of hydrogen-bond acceptors (Lipinski definition) is 3. The van der Waals surface area contributed by atoms with Gasteiger partial charge in [-0.25, -0.2) is 0 Å². The van der Waals surface area contributed by atoms with Gasteiger partial charge < -0.3 is 15.8 Å². The first-order chi connectivity index (χ1) is 9.06. The minimum Gasteiger partial charge on any atom is -0.491 e. The van der Waals surface area contributed by atoms with Crippen LogP contribution in [0, 0.1) is 5.92 Å². The molecule has 4 nitrogen and oxygen atoms in total. The molecule has 0 fully saturated rings. The maximum Gasteiger partial charge on any atom is 0.228 e. The van der Waals surface area contributed by atoms with Crippen molar-refractivity contribution in [3.8, 4) is 5.75 Å². The van der Waals surface area contributed by atoms with Crippen molar-refractivity contribution in [2.45, 2.75) is 39.7 Å². The average Bonchev–Trinajstić information content (AvgIpc) is 2.37. The predicted octanol–water partition coefficient (Wildman–Crippen LogP) is 2.79. The molecule has 0 aliphatic carbocycles. The number of hydrogen-bond donors (Lipinski definition) is 2. The van der Waals surface area contributed by atoms with Crippen LogP contribution < -0.4 is 15.8 Å². The lowest BCUT2D eigenvalue weighted by atomic mass is 10.0. The quantitative estimate of drug-likeness (QED) is 0.796. The molecule has 1 unspecified atom stereocenters. The molecular formula is C15H24N2O2. The fourth-order valence-corrected chi connectivity index (χ4v) is 1.84. The number of nitrogens with two attached hydrogens (primary N) is 1. The van der Waals surface area contributed by atoms with Crippen molar-refractivity contribution in [1.82, 2.24) is 0 Å². The van der Waals surface area contributed by atoms with Crippen LogP contribution in [0.1, 0.15) is 33.6 Å². The topological polar surface area (TPSA) is 64.4 Å². The highest BCUT2D eigenvalue weighted by atomic mass is 16.5. The summed E-state index contributed by atoms with van der Waals surface area (Å²) in [6, 6.07) is 7.39. The van der Waals surface area contributed by atoms with Gasteiger partial charge in [-0.15, -0.1) is 0 Å². The van der Waals surface area contributed by atoms with Gasteiger partial charge in [-0.3, -0.25) is 4.79 Å². The van der Waals surface area contributed by atoms with Crippen molar-refractivity contribution in [3.63, 3.8) is 0 Å². The van der Waals surface area contributed by atoms with Crippen LogP contribution in [0.4, 0.5) is 5.69 Å². The number of rotatable bonds is 7. The molecule has 0 aliphatic rings. The number of anilines is 1. The first-order valence-corrected chi connectivity index (χ1v) is 6.84. The smallest absolute Gasteiger partial charge is 0.228 e. The third-order valence-electron chi connectivity index (χ3n) is 2.79. The summed E-state index contributed by atoms with van der Waals surface area (Å²) in [5.74, 6) is 0.676. The Balaban J connectivity index is 2.59. The fourth-order valence-electron chi connectivity index (χ4n) is 1.84. The van der Waals surface area contributed by atoms with Crippen molar-refractivity contribution in [2.24, 2.45) is 11.7 Å². The van der Waals surface area contributed by atoms with Crippen LogP contribution in [-0.4, -0.2) is 18.6 Å². The van der Waals surface area contributed by atoms with Crippen molar-refractivity contribution in [1.29, 1.82) is 0 Å². The summed E-state index contributed by atoms with van der Waals surface area (Å²) < 4.78 is 5.55. The largest absolute Gasteiger partial charge is 0.491 e. The van der Waals surface area contributed by atoms with Gasteiger partial charge in [-0.1, -0.05) is 13.3 Å². The van der Waals surface area contributed by atoms with E-state index in [9.17, 15) is 4.79 Å². The molecule has 1 aromatic rings.